The van der Waals surface area contributed by atoms with E-state index >= 15 is 0 Å². The van der Waals surface area contributed by atoms with E-state index in [-0.39, 0.29) is 5.91 Å². The SMILES string of the molecule is COc1ccc(N2CCN(c3cc(SCC(=O)NCc4ccco4)ncn3)CC2)cc1. The first-order chi connectivity index (χ1) is 15.2. The van der Waals surface area contributed by atoms with Gasteiger partial charge in [0.05, 0.1) is 25.7 Å². The molecule has 3 aromatic rings. The van der Waals surface area contributed by atoms with Crippen molar-refractivity contribution in [2.24, 2.45) is 0 Å². The van der Waals surface area contributed by atoms with Crippen LogP contribution in [0.4, 0.5) is 11.5 Å². The van der Waals surface area contributed by atoms with Gasteiger partial charge < -0.3 is 24.3 Å². The highest BCUT2D eigenvalue weighted by Crippen LogP contribution is 2.24. The van der Waals surface area contributed by atoms with E-state index in [1.807, 2.05) is 24.3 Å². The summed E-state index contributed by atoms with van der Waals surface area (Å²) >= 11 is 1.40. The Bertz CT molecular complexity index is 973. The van der Waals surface area contributed by atoms with Crippen molar-refractivity contribution in [3.63, 3.8) is 0 Å². The minimum Gasteiger partial charge on any atom is -0.497 e. The van der Waals surface area contributed by atoms with Crippen molar-refractivity contribution >= 4 is 29.2 Å². The van der Waals surface area contributed by atoms with Crippen LogP contribution in [0.25, 0.3) is 0 Å². The average Bonchev–Trinajstić information content (AvgIpc) is 3.36. The summed E-state index contributed by atoms with van der Waals surface area (Å²) in [6.45, 7) is 3.95. The van der Waals surface area contributed by atoms with Crippen LogP contribution in [0.5, 0.6) is 5.75 Å². The number of aromatic nitrogens is 2. The highest BCUT2D eigenvalue weighted by Gasteiger charge is 2.19. The molecule has 0 spiro atoms. The maximum atomic E-state index is 12.1. The summed E-state index contributed by atoms with van der Waals surface area (Å²) in [6.07, 6.45) is 3.16. The van der Waals surface area contributed by atoms with Gasteiger partial charge in [0.15, 0.2) is 0 Å². The fourth-order valence-electron chi connectivity index (χ4n) is 3.36. The number of thioether (sulfide) groups is 1. The van der Waals surface area contributed by atoms with Crippen LogP contribution >= 0.6 is 11.8 Å². The van der Waals surface area contributed by atoms with Crippen LogP contribution in [0.3, 0.4) is 0 Å². The van der Waals surface area contributed by atoms with Crippen molar-refractivity contribution in [1.29, 1.82) is 0 Å². The number of rotatable bonds is 8. The molecule has 1 aliphatic heterocycles. The predicted molar refractivity (Wildman–Crippen MR) is 121 cm³/mol. The Morgan fingerprint density at radius 3 is 2.61 bits per heavy atom. The van der Waals surface area contributed by atoms with Gasteiger partial charge in [0.25, 0.3) is 0 Å². The topological polar surface area (TPSA) is 83.7 Å². The molecule has 2 aromatic heterocycles. The zero-order valence-electron chi connectivity index (χ0n) is 17.4. The average molecular weight is 440 g/mol. The number of amides is 1. The van der Waals surface area contributed by atoms with E-state index in [0.717, 1.165) is 48.5 Å². The molecular formula is C22H25N5O3S. The number of hydrogen-bond donors (Lipinski definition) is 1. The molecule has 0 aliphatic carbocycles. The summed E-state index contributed by atoms with van der Waals surface area (Å²) in [5, 5.41) is 3.63. The van der Waals surface area contributed by atoms with Crippen LogP contribution < -0.4 is 19.9 Å². The Kier molecular flexibility index (Phi) is 6.93. The molecular weight excluding hydrogens is 414 g/mol. The molecule has 4 rings (SSSR count). The number of carbonyl (C=O) groups is 1. The molecule has 1 amide bonds. The van der Waals surface area contributed by atoms with Crippen LogP contribution in [-0.2, 0) is 11.3 Å². The van der Waals surface area contributed by atoms with E-state index in [0.29, 0.717) is 12.3 Å². The molecule has 1 fully saturated rings. The van der Waals surface area contributed by atoms with Gasteiger partial charge in [0.2, 0.25) is 5.91 Å². The van der Waals surface area contributed by atoms with E-state index in [1.54, 1.807) is 25.8 Å². The van der Waals surface area contributed by atoms with E-state index in [1.165, 1.54) is 17.4 Å². The summed E-state index contributed by atoms with van der Waals surface area (Å²) in [5.74, 6) is 2.72. The highest BCUT2D eigenvalue weighted by atomic mass is 32.2. The molecule has 1 saturated heterocycles. The Labute approximate surface area is 185 Å². The van der Waals surface area contributed by atoms with Crippen LogP contribution in [0.15, 0.2) is 64.5 Å². The molecule has 0 bridgehead atoms. The van der Waals surface area contributed by atoms with Crippen molar-refractivity contribution in [2.75, 3.05) is 48.8 Å². The van der Waals surface area contributed by atoms with Gasteiger partial charge in [-0.25, -0.2) is 9.97 Å². The van der Waals surface area contributed by atoms with Gasteiger partial charge in [-0.1, -0.05) is 11.8 Å². The highest BCUT2D eigenvalue weighted by molar-refractivity contribution is 7.99. The van der Waals surface area contributed by atoms with E-state index in [9.17, 15) is 4.79 Å². The van der Waals surface area contributed by atoms with E-state index < -0.39 is 0 Å². The second-order valence-electron chi connectivity index (χ2n) is 7.03. The Morgan fingerprint density at radius 2 is 1.90 bits per heavy atom. The van der Waals surface area contributed by atoms with Crippen molar-refractivity contribution in [1.82, 2.24) is 15.3 Å². The van der Waals surface area contributed by atoms with Crippen LogP contribution in [0.2, 0.25) is 0 Å². The lowest BCUT2D eigenvalue weighted by atomic mass is 10.2. The minimum atomic E-state index is -0.0605. The van der Waals surface area contributed by atoms with Gasteiger partial charge >= 0.3 is 0 Å². The summed E-state index contributed by atoms with van der Waals surface area (Å²) in [7, 11) is 1.68. The first kappa shape index (κ1) is 21.0. The maximum absolute atomic E-state index is 12.1. The number of carbonyl (C=O) groups excluding carboxylic acids is 1. The summed E-state index contributed by atoms with van der Waals surface area (Å²) in [4.78, 5) is 25.4. The molecule has 0 atom stereocenters. The summed E-state index contributed by atoms with van der Waals surface area (Å²) in [5.41, 5.74) is 1.19. The zero-order valence-corrected chi connectivity index (χ0v) is 18.2. The van der Waals surface area contributed by atoms with Gasteiger partial charge in [-0.15, -0.1) is 0 Å². The van der Waals surface area contributed by atoms with Crippen molar-refractivity contribution in [3.8, 4) is 5.75 Å². The molecule has 0 saturated carbocycles. The molecule has 0 unspecified atom stereocenters. The number of ether oxygens (including phenoxy) is 1. The molecule has 8 nitrogen and oxygen atoms in total. The van der Waals surface area contributed by atoms with E-state index in [4.69, 9.17) is 9.15 Å². The third-order valence-electron chi connectivity index (χ3n) is 5.06. The smallest absolute Gasteiger partial charge is 0.230 e. The normalized spacial score (nSPS) is 13.8. The Balaban J connectivity index is 1.26. The number of furan rings is 1. The second kappa shape index (κ2) is 10.2. The van der Waals surface area contributed by atoms with Gasteiger partial charge in [-0.2, -0.15) is 0 Å². The Hall–Kier alpha value is -3.20. The first-order valence-corrected chi connectivity index (χ1v) is 11.1. The molecule has 9 heteroatoms. The molecule has 1 aromatic carbocycles. The van der Waals surface area contributed by atoms with Crippen LogP contribution in [0.1, 0.15) is 5.76 Å². The van der Waals surface area contributed by atoms with Gasteiger partial charge in [0.1, 0.15) is 28.7 Å². The van der Waals surface area contributed by atoms with Crippen LogP contribution in [-0.4, -0.2) is 54.9 Å². The third kappa shape index (κ3) is 5.69. The largest absolute Gasteiger partial charge is 0.497 e. The number of anilines is 2. The first-order valence-electron chi connectivity index (χ1n) is 10.1. The summed E-state index contributed by atoms with van der Waals surface area (Å²) < 4.78 is 10.5. The minimum absolute atomic E-state index is 0.0605. The molecule has 1 aliphatic rings. The fourth-order valence-corrected chi connectivity index (χ4v) is 4.05. The van der Waals surface area contributed by atoms with Gasteiger partial charge in [0, 0.05) is 37.9 Å². The van der Waals surface area contributed by atoms with Gasteiger partial charge in [-0.05, 0) is 36.4 Å². The number of nitrogens with zero attached hydrogens (tertiary/aromatic N) is 4. The van der Waals surface area contributed by atoms with Crippen molar-refractivity contribution in [3.05, 3.63) is 60.8 Å². The number of benzene rings is 1. The maximum Gasteiger partial charge on any atom is 0.230 e. The van der Waals surface area contributed by atoms with E-state index in [2.05, 4.69) is 37.2 Å². The lowest BCUT2D eigenvalue weighted by Crippen LogP contribution is -2.46. The quantitative estimate of drug-likeness (QED) is 0.424. The molecule has 1 N–H and O–H groups in total. The van der Waals surface area contributed by atoms with Crippen LogP contribution in [0, 0.1) is 0 Å². The lowest BCUT2D eigenvalue weighted by molar-refractivity contribution is -0.118. The van der Waals surface area contributed by atoms with Crippen molar-refractivity contribution in [2.45, 2.75) is 11.6 Å². The molecule has 3 heterocycles. The molecule has 0 radical (unpaired) electrons. The second-order valence-corrected chi connectivity index (χ2v) is 8.03. The van der Waals surface area contributed by atoms with Gasteiger partial charge in [-0.3, -0.25) is 4.79 Å². The number of methoxy groups -OCH3 is 1. The lowest BCUT2D eigenvalue weighted by Gasteiger charge is -2.36. The fraction of sp³-hybridized carbons (Fsp3) is 0.318. The molecule has 31 heavy (non-hydrogen) atoms. The third-order valence-corrected chi connectivity index (χ3v) is 5.99. The van der Waals surface area contributed by atoms with Crippen molar-refractivity contribution < 1.29 is 13.9 Å². The number of nitrogens with one attached hydrogen (secondary N) is 1. The number of hydrogen-bond acceptors (Lipinski definition) is 8. The monoisotopic (exact) mass is 439 g/mol. The predicted octanol–water partition coefficient (Wildman–Crippen LogP) is 2.81. The Morgan fingerprint density at radius 1 is 1.13 bits per heavy atom. The number of piperazine rings is 1. The standard InChI is InChI=1S/C22H25N5O3S/c1-29-18-6-4-17(5-7-18)26-8-10-27(11-9-26)20-13-22(25-16-24-20)31-15-21(28)23-14-19-3-2-12-30-19/h2-7,12-13,16H,8-11,14-15H2,1H3,(H,23,28). The molecule has 162 valence electrons. The zero-order chi connectivity index (χ0) is 21.5. The summed E-state index contributed by atoms with van der Waals surface area (Å²) in [6, 6.07) is 13.7.